The highest BCUT2D eigenvalue weighted by Crippen LogP contribution is 2.25. The summed E-state index contributed by atoms with van der Waals surface area (Å²) in [5, 5.41) is 3.36. The molecule has 0 aromatic heterocycles. The van der Waals surface area contributed by atoms with Crippen LogP contribution in [0.15, 0.2) is 0 Å². The third-order valence-electron chi connectivity index (χ3n) is 2.40. The van der Waals surface area contributed by atoms with Crippen molar-refractivity contribution in [3.63, 3.8) is 0 Å². The summed E-state index contributed by atoms with van der Waals surface area (Å²) in [7, 11) is 0. The summed E-state index contributed by atoms with van der Waals surface area (Å²) in [6, 6.07) is 0.416. The van der Waals surface area contributed by atoms with Gasteiger partial charge in [-0.15, -0.1) is 0 Å². The van der Waals surface area contributed by atoms with Gasteiger partial charge in [-0.3, -0.25) is 4.79 Å². The van der Waals surface area contributed by atoms with Gasteiger partial charge in [0.2, 0.25) is 0 Å². The normalized spacial score (nSPS) is 18.7. The highest BCUT2D eigenvalue weighted by atomic mass is 16.5. The first-order valence-electron chi connectivity index (χ1n) is 5.85. The van der Waals surface area contributed by atoms with Gasteiger partial charge < -0.3 is 10.1 Å². The fourth-order valence-corrected chi connectivity index (χ4v) is 1.60. The minimum absolute atomic E-state index is 0.0978. The first-order valence-corrected chi connectivity index (χ1v) is 5.85. The average Bonchev–Trinajstić information content (AvgIpc) is 2.85. The van der Waals surface area contributed by atoms with Crippen LogP contribution in [-0.2, 0) is 9.53 Å². The lowest BCUT2D eigenvalue weighted by Gasteiger charge is -2.25. The highest BCUT2D eigenvalue weighted by Gasteiger charge is 2.31. The van der Waals surface area contributed by atoms with E-state index in [4.69, 9.17) is 4.74 Å². The molecule has 0 aromatic rings. The van der Waals surface area contributed by atoms with E-state index < -0.39 is 0 Å². The Kier molecular flexibility index (Phi) is 4.14. The Morgan fingerprint density at radius 1 is 1.47 bits per heavy atom. The Bertz CT molecular complexity index is 216. The summed E-state index contributed by atoms with van der Waals surface area (Å²) >= 11 is 0. The molecule has 1 unspecified atom stereocenters. The number of esters is 1. The highest BCUT2D eigenvalue weighted by molar-refractivity contribution is 5.75. The number of carbonyl (C=O) groups excluding carboxylic acids is 1. The number of nitrogens with one attached hydrogen (secondary N) is 1. The van der Waals surface area contributed by atoms with Crippen molar-refractivity contribution in [1.82, 2.24) is 5.32 Å². The van der Waals surface area contributed by atoms with Crippen LogP contribution in [0.25, 0.3) is 0 Å². The molecule has 0 heterocycles. The number of rotatable bonds is 5. The molecule has 1 rings (SSSR count). The van der Waals surface area contributed by atoms with Crippen LogP contribution >= 0.6 is 0 Å². The molecule has 1 saturated carbocycles. The Labute approximate surface area is 92.6 Å². The summed E-state index contributed by atoms with van der Waals surface area (Å²) < 4.78 is 5.08. The van der Waals surface area contributed by atoms with Crippen molar-refractivity contribution in [2.45, 2.75) is 59.0 Å². The quantitative estimate of drug-likeness (QED) is 0.711. The number of ether oxygens (including phenoxy) is 1. The number of hydrogen-bond acceptors (Lipinski definition) is 3. The Hall–Kier alpha value is -0.570. The van der Waals surface area contributed by atoms with E-state index in [9.17, 15) is 4.79 Å². The van der Waals surface area contributed by atoms with Gasteiger partial charge >= 0.3 is 5.97 Å². The predicted octanol–water partition coefficient (Wildman–Crippen LogP) is 2.11. The second-order valence-corrected chi connectivity index (χ2v) is 5.51. The van der Waals surface area contributed by atoms with Crippen LogP contribution in [0.3, 0.4) is 0 Å². The molecule has 3 nitrogen and oxygen atoms in total. The van der Waals surface area contributed by atoms with Gasteiger partial charge in [0.15, 0.2) is 0 Å². The van der Waals surface area contributed by atoms with Crippen LogP contribution < -0.4 is 5.32 Å². The Morgan fingerprint density at radius 3 is 2.47 bits per heavy atom. The smallest absolute Gasteiger partial charge is 0.323 e. The molecule has 1 aliphatic rings. The molecule has 0 saturated heterocycles. The van der Waals surface area contributed by atoms with Crippen LogP contribution in [-0.4, -0.2) is 24.7 Å². The molecule has 88 valence electrons. The minimum Gasteiger partial charge on any atom is -0.465 e. The summed E-state index contributed by atoms with van der Waals surface area (Å²) in [5.41, 5.74) is 0.152. The van der Waals surface area contributed by atoms with E-state index in [1.54, 1.807) is 0 Å². The van der Waals surface area contributed by atoms with Crippen molar-refractivity contribution < 1.29 is 9.53 Å². The molecule has 0 amide bonds. The van der Waals surface area contributed by atoms with E-state index >= 15 is 0 Å². The van der Waals surface area contributed by atoms with Gasteiger partial charge in [-0.25, -0.2) is 0 Å². The molecule has 0 bridgehead atoms. The fraction of sp³-hybridized carbons (Fsp3) is 0.917. The van der Waals surface area contributed by atoms with Crippen molar-refractivity contribution >= 4 is 5.97 Å². The van der Waals surface area contributed by atoms with E-state index in [1.807, 2.05) is 6.92 Å². The monoisotopic (exact) mass is 213 g/mol. The lowest BCUT2D eigenvalue weighted by atomic mass is 9.88. The zero-order valence-electron chi connectivity index (χ0n) is 10.3. The second kappa shape index (κ2) is 4.97. The van der Waals surface area contributed by atoms with E-state index in [0.717, 1.165) is 6.42 Å². The first kappa shape index (κ1) is 12.5. The minimum atomic E-state index is -0.127. The van der Waals surface area contributed by atoms with E-state index in [1.165, 1.54) is 12.8 Å². The molecule has 1 fully saturated rings. The van der Waals surface area contributed by atoms with Crippen LogP contribution in [0.2, 0.25) is 0 Å². The molecular formula is C12H23NO2. The van der Waals surface area contributed by atoms with Gasteiger partial charge in [-0.05, 0) is 31.6 Å². The van der Waals surface area contributed by atoms with Gasteiger partial charge in [-0.1, -0.05) is 20.8 Å². The van der Waals surface area contributed by atoms with Crippen LogP contribution in [0.1, 0.15) is 47.0 Å². The standard InChI is InChI=1S/C12H23NO2/c1-5-15-11(14)10(8-12(2,3)4)13-9-6-7-9/h9-10,13H,5-8H2,1-4H3. The van der Waals surface area contributed by atoms with E-state index in [-0.39, 0.29) is 17.4 Å². The maximum atomic E-state index is 11.7. The maximum absolute atomic E-state index is 11.7. The molecule has 1 N–H and O–H groups in total. The first-order chi connectivity index (χ1) is 6.92. The fourth-order valence-electron chi connectivity index (χ4n) is 1.60. The molecule has 0 aliphatic heterocycles. The summed E-state index contributed by atoms with van der Waals surface area (Å²) in [4.78, 5) is 11.7. The van der Waals surface area contributed by atoms with Crippen molar-refractivity contribution in [3.8, 4) is 0 Å². The number of hydrogen-bond donors (Lipinski definition) is 1. The summed E-state index contributed by atoms with van der Waals surface area (Å²) in [6.07, 6.45) is 3.22. The van der Waals surface area contributed by atoms with Crippen LogP contribution in [0.4, 0.5) is 0 Å². The van der Waals surface area contributed by atoms with Gasteiger partial charge in [-0.2, -0.15) is 0 Å². The van der Waals surface area contributed by atoms with Gasteiger partial charge in [0.25, 0.3) is 0 Å². The lowest BCUT2D eigenvalue weighted by molar-refractivity contribution is -0.146. The van der Waals surface area contributed by atoms with Gasteiger partial charge in [0, 0.05) is 6.04 Å². The zero-order valence-corrected chi connectivity index (χ0v) is 10.3. The van der Waals surface area contributed by atoms with Crippen LogP contribution in [0, 0.1) is 5.41 Å². The molecule has 3 heteroatoms. The van der Waals surface area contributed by atoms with Crippen molar-refractivity contribution in [1.29, 1.82) is 0 Å². The van der Waals surface area contributed by atoms with Gasteiger partial charge in [0.1, 0.15) is 6.04 Å². The summed E-state index contributed by atoms with van der Waals surface area (Å²) in [6.45, 7) is 8.75. The topological polar surface area (TPSA) is 38.3 Å². The third-order valence-corrected chi connectivity index (χ3v) is 2.40. The van der Waals surface area contributed by atoms with E-state index in [0.29, 0.717) is 12.6 Å². The largest absolute Gasteiger partial charge is 0.465 e. The SMILES string of the molecule is CCOC(=O)C(CC(C)(C)C)NC1CC1. The lowest BCUT2D eigenvalue weighted by Crippen LogP contribution is -2.42. The molecule has 15 heavy (non-hydrogen) atoms. The molecule has 0 spiro atoms. The second-order valence-electron chi connectivity index (χ2n) is 5.51. The average molecular weight is 213 g/mol. The molecular weight excluding hydrogens is 190 g/mol. The third kappa shape index (κ3) is 5.17. The molecule has 1 atom stereocenters. The van der Waals surface area contributed by atoms with Crippen molar-refractivity contribution in [3.05, 3.63) is 0 Å². The van der Waals surface area contributed by atoms with Gasteiger partial charge in [0.05, 0.1) is 6.61 Å². The number of carbonyl (C=O) groups is 1. The maximum Gasteiger partial charge on any atom is 0.323 e. The van der Waals surface area contributed by atoms with E-state index in [2.05, 4.69) is 26.1 Å². The molecule has 0 aromatic carbocycles. The predicted molar refractivity (Wildman–Crippen MR) is 60.7 cm³/mol. The van der Waals surface area contributed by atoms with Crippen LogP contribution in [0.5, 0.6) is 0 Å². The summed E-state index contributed by atoms with van der Waals surface area (Å²) in [5.74, 6) is -0.0978. The Balaban J connectivity index is 2.47. The Morgan fingerprint density at radius 2 is 2.07 bits per heavy atom. The molecule has 0 radical (unpaired) electrons. The molecule has 1 aliphatic carbocycles. The van der Waals surface area contributed by atoms with Crippen molar-refractivity contribution in [2.75, 3.05) is 6.61 Å². The zero-order chi connectivity index (χ0) is 11.5. The van der Waals surface area contributed by atoms with Crippen molar-refractivity contribution in [2.24, 2.45) is 5.41 Å².